The Bertz CT molecular complexity index is 3030. The minimum absolute atomic E-state index is 0.0292. The smallest absolute Gasteiger partial charge is 0.339 e. The molecular formula is C52H60Br2N8O11. The number of carboxylic acids is 1. The molecule has 4 aliphatic rings. The van der Waals surface area contributed by atoms with E-state index in [-0.39, 0.29) is 48.3 Å². The van der Waals surface area contributed by atoms with Crippen LogP contribution in [0.3, 0.4) is 0 Å². The van der Waals surface area contributed by atoms with Crippen molar-refractivity contribution in [3.8, 4) is 23.0 Å². The van der Waals surface area contributed by atoms with E-state index in [0.717, 1.165) is 60.3 Å². The van der Waals surface area contributed by atoms with Crippen LogP contribution < -0.4 is 41.5 Å². The monoisotopic (exact) mass is 1130 g/mol. The van der Waals surface area contributed by atoms with Crippen molar-refractivity contribution in [1.82, 2.24) is 24.5 Å². The van der Waals surface area contributed by atoms with Gasteiger partial charge in [-0.25, -0.2) is 13.8 Å². The molecule has 73 heavy (non-hydrogen) atoms. The van der Waals surface area contributed by atoms with Gasteiger partial charge < -0.3 is 56.8 Å². The Hall–Kier alpha value is -6.26. The van der Waals surface area contributed by atoms with Crippen LogP contribution in [-0.4, -0.2) is 107 Å². The van der Waals surface area contributed by atoms with E-state index in [1.165, 1.54) is 10.7 Å². The van der Waals surface area contributed by atoms with Gasteiger partial charge in [0, 0.05) is 21.0 Å². The van der Waals surface area contributed by atoms with Crippen molar-refractivity contribution in [2.75, 3.05) is 13.2 Å². The van der Waals surface area contributed by atoms with Gasteiger partial charge in [0.25, 0.3) is 17.7 Å². The van der Waals surface area contributed by atoms with E-state index in [2.05, 4.69) is 47.4 Å². The molecule has 0 unspecified atom stereocenters. The lowest BCUT2D eigenvalue weighted by atomic mass is 9.53. The molecule has 21 heteroatoms. The number of carbonyl (C=O) groups excluding carboxylic acids is 3. The van der Waals surface area contributed by atoms with Crippen LogP contribution in [0.5, 0.6) is 23.0 Å². The van der Waals surface area contributed by atoms with Crippen molar-refractivity contribution in [2.45, 2.75) is 115 Å². The third-order valence-electron chi connectivity index (χ3n) is 13.4. The third-order valence-corrected chi connectivity index (χ3v) is 14.4. The van der Waals surface area contributed by atoms with Crippen molar-refractivity contribution in [3.63, 3.8) is 0 Å². The van der Waals surface area contributed by atoms with Gasteiger partial charge in [0.1, 0.15) is 41.8 Å². The van der Waals surface area contributed by atoms with E-state index in [0.29, 0.717) is 62.2 Å². The molecule has 3 amide bonds. The zero-order valence-electron chi connectivity index (χ0n) is 40.8. The fraction of sp³-hybridized carbons (Fsp3) is 0.423. The number of aliphatic hydroxyl groups is 2. The molecule has 0 atom stereocenters. The van der Waals surface area contributed by atoms with Gasteiger partial charge in [0.2, 0.25) is 0 Å². The largest absolute Gasteiger partial charge is 0.490 e. The number of nitrogens with zero attached hydrogens (tertiary/aromatic N) is 4. The third kappa shape index (κ3) is 12.9. The molecule has 4 fully saturated rings. The number of rotatable bonds is 15. The predicted molar refractivity (Wildman–Crippen MR) is 276 cm³/mol. The average molecular weight is 1130 g/mol. The molecule has 0 saturated heterocycles. The van der Waals surface area contributed by atoms with E-state index in [4.69, 9.17) is 41.3 Å². The zero-order valence-corrected chi connectivity index (χ0v) is 44.0. The number of ether oxygens (including phenoxy) is 4. The Balaban J connectivity index is 0.000000161. The van der Waals surface area contributed by atoms with Crippen LogP contribution in [0.4, 0.5) is 0 Å². The molecule has 10 rings (SSSR count). The normalized spacial score (nSPS) is 22.8. The summed E-state index contributed by atoms with van der Waals surface area (Å²) >= 11 is 6.79. The van der Waals surface area contributed by atoms with E-state index >= 15 is 0 Å². The van der Waals surface area contributed by atoms with Crippen LogP contribution in [0.1, 0.15) is 120 Å². The number of carbonyl (C=O) groups is 4. The Morgan fingerprint density at radius 1 is 0.658 bits per heavy atom. The number of nitrogens with one attached hydrogen (secondary N) is 1. The number of hydrogen-bond donors (Lipinski definition) is 7. The molecule has 0 radical (unpaired) electrons. The van der Waals surface area contributed by atoms with E-state index in [9.17, 15) is 29.4 Å². The molecule has 10 N–H and O–H groups in total. The van der Waals surface area contributed by atoms with Crippen molar-refractivity contribution in [3.05, 3.63) is 117 Å². The van der Waals surface area contributed by atoms with Crippen molar-refractivity contribution in [1.29, 1.82) is 0 Å². The molecule has 19 nitrogen and oxygen atoms in total. The highest BCUT2D eigenvalue weighted by atomic mass is 79.9. The molecule has 2 aromatic carbocycles. The first-order chi connectivity index (χ1) is 34.3. The van der Waals surface area contributed by atoms with Crippen molar-refractivity contribution in [2.24, 2.45) is 28.0 Å². The summed E-state index contributed by atoms with van der Waals surface area (Å²) in [7, 11) is 0. The zero-order chi connectivity index (χ0) is 52.6. The second-order valence-electron chi connectivity index (χ2n) is 21.1. The summed E-state index contributed by atoms with van der Waals surface area (Å²) in [6.45, 7) is 6.92. The van der Waals surface area contributed by atoms with Crippen LogP contribution >= 0.6 is 31.9 Å². The molecule has 4 heterocycles. The molecule has 6 aromatic rings. The van der Waals surface area contributed by atoms with Gasteiger partial charge in [0.15, 0.2) is 0 Å². The Labute approximate surface area is 437 Å². The van der Waals surface area contributed by atoms with Crippen LogP contribution in [0.25, 0.3) is 11.0 Å². The summed E-state index contributed by atoms with van der Waals surface area (Å²) in [6.07, 6.45) is 14.2. The number of pyridine rings is 2. The molecular weight excluding hydrogens is 1070 g/mol. The number of amides is 3. The fourth-order valence-corrected chi connectivity index (χ4v) is 10.6. The fourth-order valence-electron chi connectivity index (χ4n) is 9.96. The number of nitrogens with two attached hydrogens (primary N) is 3. The Kier molecular flexibility index (Phi) is 15.2. The topological polar surface area (TPSA) is 291 Å². The van der Waals surface area contributed by atoms with Crippen molar-refractivity contribution >= 4 is 66.6 Å². The molecule has 4 aromatic heterocycles. The summed E-state index contributed by atoms with van der Waals surface area (Å²) < 4.78 is 27.7. The SMILES string of the molecule is CC(C)(O)COc1ccc2c(C(=O)NC3CC4(C3)CC(Oc3cc(Br)ccc3C(N)=O)C4)cnn2c1.CC(C)(O)COc1ccc2c(C(=O)O)cnn2c1.NC(=O)c1ccc(Br)cc1OC1CC2(CC(N)C2)C1. The molecule has 0 bridgehead atoms. The molecule has 4 saturated carbocycles. The van der Waals surface area contributed by atoms with Gasteiger partial charge in [-0.1, -0.05) is 31.9 Å². The standard InChI is InChI=1S/C26H29BrN4O5.C14H17BrN2O2.C12H14N2O4/c1-25(2,34)14-35-17-4-6-21-20(12-29-31(21)13-17)24(33)30-16-8-26(9-16)10-18(11-26)36-22-7-15(27)3-5-19(22)23(28)32;15-8-1-2-11(13(17)18)12(3-8)19-10-6-14(7-10)4-9(16)5-14;1-12(2,17)7-18-8-3-4-10-9(11(15)16)5-13-14(10)6-8/h3-7,12-13,16,18,34H,8-11,14H2,1-2H3,(H2,28,32)(H,30,33);1-3,9-10H,4-7,16H2,(H2,17,18);3-6,17H,7H2,1-2H3,(H,15,16). The van der Waals surface area contributed by atoms with Gasteiger partial charge in [-0.2, -0.15) is 10.2 Å². The first-order valence-electron chi connectivity index (χ1n) is 23.8. The summed E-state index contributed by atoms with van der Waals surface area (Å²) in [5, 5.41) is 39.7. The maximum atomic E-state index is 12.9. The van der Waals surface area contributed by atoms with E-state index in [1.807, 2.05) is 0 Å². The number of hydrogen-bond acceptors (Lipinski definition) is 13. The highest BCUT2D eigenvalue weighted by Gasteiger charge is 2.55. The van der Waals surface area contributed by atoms with Gasteiger partial charge in [0.05, 0.1) is 75.9 Å². The first kappa shape index (κ1) is 53.0. The van der Waals surface area contributed by atoms with E-state index < -0.39 is 29.0 Å². The van der Waals surface area contributed by atoms with Crippen LogP contribution in [-0.2, 0) is 0 Å². The summed E-state index contributed by atoms with van der Waals surface area (Å²) in [6, 6.07) is 17.8. The molecule has 4 aliphatic carbocycles. The number of halogens is 2. The van der Waals surface area contributed by atoms with Gasteiger partial charge in [-0.15, -0.1) is 0 Å². The predicted octanol–water partition coefficient (Wildman–Crippen LogP) is 6.84. The lowest BCUT2D eigenvalue weighted by Gasteiger charge is -2.57. The minimum Gasteiger partial charge on any atom is -0.490 e. The maximum absolute atomic E-state index is 12.9. The van der Waals surface area contributed by atoms with Gasteiger partial charge >= 0.3 is 5.97 Å². The van der Waals surface area contributed by atoms with Crippen LogP contribution in [0, 0.1) is 10.8 Å². The number of aromatic carboxylic acids is 1. The number of fused-ring (bicyclic) bond motifs is 2. The van der Waals surface area contributed by atoms with Crippen LogP contribution in [0.2, 0.25) is 0 Å². The van der Waals surface area contributed by atoms with E-state index in [1.54, 1.807) is 111 Å². The molecule has 2 spiro atoms. The van der Waals surface area contributed by atoms with Crippen LogP contribution in [0.15, 0.2) is 94.4 Å². The number of primary amides is 2. The highest BCUT2D eigenvalue weighted by molar-refractivity contribution is 9.10. The molecule has 0 aliphatic heterocycles. The lowest BCUT2D eigenvalue weighted by Crippen LogP contribution is -2.58. The molecule has 388 valence electrons. The number of aromatic nitrogens is 4. The average Bonchev–Trinajstić information content (AvgIpc) is 3.89. The Morgan fingerprint density at radius 2 is 1.08 bits per heavy atom. The minimum atomic E-state index is -1.02. The van der Waals surface area contributed by atoms with Gasteiger partial charge in [-0.05, 0) is 151 Å². The summed E-state index contributed by atoms with van der Waals surface area (Å²) in [5.74, 6) is 0.0223. The Morgan fingerprint density at radius 3 is 1.49 bits per heavy atom. The summed E-state index contributed by atoms with van der Waals surface area (Å²) in [4.78, 5) is 46.9. The second kappa shape index (κ2) is 20.9. The first-order valence-corrected chi connectivity index (χ1v) is 25.4. The highest BCUT2D eigenvalue weighted by Crippen LogP contribution is 2.57. The lowest BCUT2D eigenvalue weighted by molar-refractivity contribution is -0.0835. The second-order valence-corrected chi connectivity index (χ2v) is 22.9. The maximum Gasteiger partial charge on any atom is 0.339 e. The number of carboxylic acid groups (broad SMARTS) is 1. The quantitative estimate of drug-likeness (QED) is 0.0554. The summed E-state index contributed by atoms with van der Waals surface area (Å²) in [5.41, 5.74) is 18.0. The van der Waals surface area contributed by atoms with Crippen molar-refractivity contribution < 1.29 is 53.4 Å². The number of benzene rings is 2. The van der Waals surface area contributed by atoms with Gasteiger partial charge in [-0.3, -0.25) is 14.4 Å².